The first kappa shape index (κ1) is 39.3. The monoisotopic (exact) mass is 784 g/mol. The lowest BCUT2D eigenvalue weighted by molar-refractivity contribution is -0.136. The second-order valence-electron chi connectivity index (χ2n) is 15.4. The molecule has 0 saturated carbocycles. The maximum Gasteiger partial charge on any atom is 0.407 e. The van der Waals surface area contributed by atoms with Crippen LogP contribution in [0.4, 0.5) is 14.0 Å². The average molecular weight is 785 g/mol. The molecule has 0 aliphatic carbocycles. The van der Waals surface area contributed by atoms with Gasteiger partial charge >= 0.3 is 12.2 Å². The Balaban J connectivity index is 1.08. The van der Waals surface area contributed by atoms with Crippen molar-refractivity contribution in [3.05, 3.63) is 65.8 Å². The highest BCUT2D eigenvalue weighted by Gasteiger charge is 2.39. The lowest BCUT2D eigenvalue weighted by Gasteiger charge is -2.30. The van der Waals surface area contributed by atoms with Crippen molar-refractivity contribution in [2.24, 2.45) is 11.8 Å². The maximum absolute atomic E-state index is 16.0. The molecule has 302 valence electrons. The summed E-state index contributed by atoms with van der Waals surface area (Å²) in [5.74, 6) is 0.568. The van der Waals surface area contributed by atoms with Crippen molar-refractivity contribution in [3.63, 3.8) is 0 Å². The van der Waals surface area contributed by atoms with Gasteiger partial charge in [0.2, 0.25) is 11.8 Å². The Hall–Kier alpha value is -5.93. The molecule has 0 bridgehead atoms. The van der Waals surface area contributed by atoms with Crippen molar-refractivity contribution in [2.45, 2.75) is 84.2 Å². The molecule has 4 atom stereocenters. The highest BCUT2D eigenvalue weighted by molar-refractivity contribution is 5.87. The van der Waals surface area contributed by atoms with Crippen LogP contribution in [-0.4, -0.2) is 93.1 Å². The van der Waals surface area contributed by atoms with Crippen molar-refractivity contribution >= 4 is 24.0 Å². The van der Waals surface area contributed by atoms with Crippen LogP contribution in [0.5, 0.6) is 5.75 Å². The fraction of sp³-hybridized carbons (Fsp3) is 0.463. The zero-order valence-corrected chi connectivity index (χ0v) is 33.0. The Bertz CT molecular complexity index is 2170. The third-order valence-electron chi connectivity index (χ3n) is 11.1. The zero-order valence-electron chi connectivity index (χ0n) is 33.0. The number of halogens is 1. The molecule has 2 fully saturated rings. The molecule has 3 aliphatic heterocycles. The van der Waals surface area contributed by atoms with Crippen LogP contribution in [0.2, 0.25) is 0 Å². The smallest absolute Gasteiger partial charge is 0.407 e. The summed E-state index contributed by atoms with van der Waals surface area (Å²) in [5.41, 5.74) is 4.74. The number of likely N-dealkylation sites (tertiary alicyclic amines) is 2. The number of hydrogen-bond donors (Lipinski definition) is 4. The first-order chi connectivity index (χ1) is 27.4. The number of alkyl carbamates (subject to hydrolysis) is 2. The predicted octanol–water partition coefficient (Wildman–Crippen LogP) is 6.25. The molecule has 7 rings (SSSR count). The Kier molecular flexibility index (Phi) is 11.2. The number of nitrogens with zero attached hydrogens (tertiary/aromatic N) is 4. The van der Waals surface area contributed by atoms with Gasteiger partial charge in [-0.05, 0) is 72.4 Å². The minimum Gasteiger partial charge on any atom is -0.488 e. The molecule has 5 heterocycles. The molecule has 0 spiro atoms. The van der Waals surface area contributed by atoms with Gasteiger partial charge in [0.05, 0.1) is 50.1 Å². The molecular weight excluding hydrogens is 735 g/mol. The molecular formula is C41H49FN8O7. The molecule has 0 unspecified atom stereocenters. The van der Waals surface area contributed by atoms with E-state index >= 15 is 4.39 Å². The number of amides is 4. The third kappa shape index (κ3) is 7.76. The van der Waals surface area contributed by atoms with Crippen LogP contribution in [0.25, 0.3) is 33.6 Å². The molecule has 16 heteroatoms. The predicted molar refractivity (Wildman–Crippen MR) is 207 cm³/mol. The molecule has 2 aromatic heterocycles. The van der Waals surface area contributed by atoms with Crippen molar-refractivity contribution < 1.29 is 37.8 Å². The van der Waals surface area contributed by atoms with E-state index in [-0.39, 0.29) is 42.3 Å². The highest BCUT2D eigenvalue weighted by Crippen LogP contribution is 2.43. The number of H-pyrrole nitrogens is 2. The Morgan fingerprint density at radius 1 is 0.772 bits per heavy atom. The summed E-state index contributed by atoms with van der Waals surface area (Å²) in [6.45, 7) is 8.80. The van der Waals surface area contributed by atoms with E-state index < -0.39 is 30.1 Å². The van der Waals surface area contributed by atoms with Crippen LogP contribution < -0.4 is 15.4 Å². The Labute approximate surface area is 330 Å². The summed E-state index contributed by atoms with van der Waals surface area (Å²) in [7, 11) is 2.53. The second kappa shape index (κ2) is 16.3. The van der Waals surface area contributed by atoms with E-state index in [4.69, 9.17) is 14.2 Å². The van der Waals surface area contributed by atoms with Crippen LogP contribution in [0.15, 0.2) is 42.7 Å². The third-order valence-corrected chi connectivity index (χ3v) is 11.1. The van der Waals surface area contributed by atoms with E-state index in [0.717, 1.165) is 41.6 Å². The molecule has 2 aromatic carbocycles. The number of aromatic amines is 2. The number of hydrogen-bond acceptors (Lipinski definition) is 9. The number of carbonyl (C=O) groups is 4. The van der Waals surface area contributed by atoms with Crippen LogP contribution in [-0.2, 0) is 25.7 Å². The average Bonchev–Trinajstić information content (AvgIpc) is 4.04. The fourth-order valence-corrected chi connectivity index (χ4v) is 8.07. The lowest BCUT2D eigenvalue weighted by atomic mass is 9.93. The minimum absolute atomic E-state index is 0.138. The zero-order chi connectivity index (χ0) is 40.5. The number of aromatic nitrogens is 4. The van der Waals surface area contributed by atoms with E-state index in [1.165, 1.54) is 20.3 Å². The number of nitrogens with one attached hydrogen (secondary N) is 4. The number of ether oxygens (including phenoxy) is 3. The number of rotatable bonds is 10. The highest BCUT2D eigenvalue weighted by atomic mass is 19.1. The van der Waals surface area contributed by atoms with Gasteiger partial charge in [-0.15, -0.1) is 0 Å². The van der Waals surface area contributed by atoms with E-state index in [0.29, 0.717) is 53.7 Å². The van der Waals surface area contributed by atoms with Crippen molar-refractivity contribution in [2.75, 3.05) is 27.3 Å². The summed E-state index contributed by atoms with van der Waals surface area (Å²) < 4.78 is 31.7. The molecule has 4 N–H and O–H groups in total. The van der Waals surface area contributed by atoms with E-state index in [1.807, 2.05) is 45.9 Å². The minimum atomic E-state index is -0.763. The molecule has 0 radical (unpaired) electrons. The molecule has 2 saturated heterocycles. The Morgan fingerprint density at radius 2 is 1.32 bits per heavy atom. The number of methoxy groups -OCH3 is 2. The van der Waals surface area contributed by atoms with Gasteiger partial charge in [0.25, 0.3) is 0 Å². The maximum atomic E-state index is 16.0. The number of imidazole rings is 2. The quantitative estimate of drug-likeness (QED) is 0.144. The van der Waals surface area contributed by atoms with Gasteiger partial charge in [0.15, 0.2) is 0 Å². The first-order valence-electron chi connectivity index (χ1n) is 19.4. The lowest BCUT2D eigenvalue weighted by Crippen LogP contribution is -2.51. The van der Waals surface area contributed by atoms with Crippen molar-refractivity contribution in [1.82, 2.24) is 40.4 Å². The SMILES string of the molecule is COC(=O)N[C@H](C(=O)N1CCC[C@H]1c1ncc(-c2ccc3c(c2)COc2cc(-c4cnc([C@@H]5CCCN5C(=O)[C@@H](NC(=O)OC)C(C)C)[nH]4)c(F)cc2-3)[nH]1)C(C)C. The largest absolute Gasteiger partial charge is 0.488 e. The first-order valence-corrected chi connectivity index (χ1v) is 19.4. The van der Waals surface area contributed by atoms with Gasteiger partial charge in [-0.25, -0.2) is 23.9 Å². The molecule has 57 heavy (non-hydrogen) atoms. The molecule has 4 amide bonds. The van der Waals surface area contributed by atoms with Crippen LogP contribution in [0.1, 0.15) is 82.7 Å². The summed E-state index contributed by atoms with van der Waals surface area (Å²) in [5, 5.41) is 5.33. The van der Waals surface area contributed by atoms with E-state index in [9.17, 15) is 19.2 Å². The van der Waals surface area contributed by atoms with Crippen LogP contribution >= 0.6 is 0 Å². The summed E-state index contributed by atoms with van der Waals surface area (Å²) in [6.07, 6.45) is 4.96. The van der Waals surface area contributed by atoms with Gasteiger partial charge in [-0.1, -0.05) is 39.8 Å². The van der Waals surface area contributed by atoms with Gasteiger partial charge < -0.3 is 44.6 Å². The standard InChI is InChI=1S/C41H49FN8O7/c1-21(2)34(47-40(53)55-5)38(51)49-13-7-9-31(49)36-43-18-29(45-36)23-11-12-25-24(15-23)20-57-33-17-27(28(42)16-26(25)33)30-19-44-37(46-30)32-10-8-14-50(32)39(52)35(22(3)4)48-41(54)56-6/h11-12,15-19,21-22,31-32,34-35H,7-10,13-14,20H2,1-6H3,(H,43,45)(H,44,46)(H,47,53)(H,48,54)/t31-,32-,34-,35-/m0/s1. The van der Waals surface area contributed by atoms with Crippen molar-refractivity contribution in [3.8, 4) is 39.4 Å². The van der Waals surface area contributed by atoms with Gasteiger partial charge in [-0.3, -0.25) is 9.59 Å². The molecule has 3 aliphatic rings. The van der Waals surface area contributed by atoms with E-state index in [1.54, 1.807) is 28.3 Å². The van der Waals surface area contributed by atoms with Gasteiger partial charge in [0.1, 0.15) is 41.9 Å². The summed E-state index contributed by atoms with van der Waals surface area (Å²) in [4.78, 5) is 70.5. The van der Waals surface area contributed by atoms with Crippen molar-refractivity contribution in [1.29, 1.82) is 0 Å². The Morgan fingerprint density at radius 3 is 1.86 bits per heavy atom. The molecule has 15 nitrogen and oxygen atoms in total. The summed E-state index contributed by atoms with van der Waals surface area (Å²) >= 11 is 0. The molecule has 4 aromatic rings. The normalized spacial score (nSPS) is 18.5. The van der Waals surface area contributed by atoms with Gasteiger partial charge in [0, 0.05) is 24.2 Å². The fourth-order valence-electron chi connectivity index (χ4n) is 8.07. The van der Waals surface area contributed by atoms with Crippen LogP contribution in [0, 0.1) is 17.7 Å². The topological polar surface area (TPSA) is 184 Å². The number of carbonyl (C=O) groups excluding carboxylic acids is 4. The summed E-state index contributed by atoms with van der Waals surface area (Å²) in [6, 6.07) is 6.92. The second-order valence-corrected chi connectivity index (χ2v) is 15.4. The number of fused-ring (bicyclic) bond motifs is 3. The van der Waals surface area contributed by atoms with Crippen LogP contribution in [0.3, 0.4) is 0 Å². The number of benzene rings is 2. The van der Waals surface area contributed by atoms with Gasteiger partial charge in [-0.2, -0.15) is 0 Å². The van der Waals surface area contributed by atoms with E-state index in [2.05, 4.69) is 30.6 Å².